The molecule has 0 aliphatic carbocycles. The van der Waals surface area contributed by atoms with Crippen molar-refractivity contribution in [3.05, 3.63) is 90.9 Å². The van der Waals surface area contributed by atoms with Crippen molar-refractivity contribution in [2.24, 2.45) is 4.99 Å². The number of halogens is 1. The van der Waals surface area contributed by atoms with Gasteiger partial charge in [-0.05, 0) is 69.2 Å². The Balaban J connectivity index is 1.63. The monoisotopic (exact) mass is 509 g/mol. The van der Waals surface area contributed by atoms with E-state index in [1.165, 1.54) is 4.57 Å². The number of aromatic amines is 2. The van der Waals surface area contributed by atoms with Crippen molar-refractivity contribution in [3.63, 3.8) is 0 Å². The first-order valence-electron chi connectivity index (χ1n) is 11.7. The Labute approximate surface area is 212 Å². The fourth-order valence-electron chi connectivity index (χ4n) is 4.42. The first-order chi connectivity index (χ1) is 17.1. The van der Waals surface area contributed by atoms with Gasteiger partial charge < -0.3 is 14.5 Å². The van der Waals surface area contributed by atoms with Gasteiger partial charge in [-0.15, -0.1) is 0 Å². The summed E-state index contributed by atoms with van der Waals surface area (Å²) in [4.78, 5) is 37.5. The molecule has 2 N–H and O–H groups in total. The predicted octanol–water partition coefficient (Wildman–Crippen LogP) is 3.52. The summed E-state index contributed by atoms with van der Waals surface area (Å²) >= 11 is 6.04. The van der Waals surface area contributed by atoms with Crippen molar-refractivity contribution in [1.29, 1.82) is 0 Å². The van der Waals surface area contributed by atoms with Crippen LogP contribution < -0.4 is 17.0 Å². The molecule has 9 nitrogen and oxygen atoms in total. The number of hydrogen-bond acceptors (Lipinski definition) is 5. The quantitative estimate of drug-likeness (QED) is 0.429. The standard InChI is InChI=1S/C26H28ClN5O4/c1-15-16(2)28-22-10-9-19(11-21(15)22)29-23-30-24(33)32(13-20-14-35-26(3,4)36-20)25(34)31(23)12-17-5-7-18(27)8-6-17/h5-11,20,28H,12-14H2,1-4H3,(H,29,30,33)/t20-/m0/s1. The van der Waals surface area contributed by atoms with Crippen LogP contribution in [-0.2, 0) is 22.6 Å². The van der Waals surface area contributed by atoms with Gasteiger partial charge in [0.2, 0.25) is 5.62 Å². The smallest absolute Gasteiger partial charge is 0.335 e. The highest BCUT2D eigenvalue weighted by molar-refractivity contribution is 6.30. The van der Waals surface area contributed by atoms with Crippen molar-refractivity contribution in [1.82, 2.24) is 19.1 Å². The number of nitrogens with zero attached hydrogens (tertiary/aromatic N) is 3. The van der Waals surface area contributed by atoms with Crippen LogP contribution in [-0.4, -0.2) is 37.6 Å². The highest BCUT2D eigenvalue weighted by atomic mass is 35.5. The Morgan fingerprint density at radius 3 is 2.53 bits per heavy atom. The largest absolute Gasteiger partial charge is 0.358 e. The van der Waals surface area contributed by atoms with Crippen LogP contribution in [0.15, 0.2) is 57.0 Å². The molecule has 0 amide bonds. The third-order valence-electron chi connectivity index (χ3n) is 6.42. The highest BCUT2D eigenvalue weighted by Gasteiger charge is 2.33. The number of aryl methyl sites for hydroxylation is 2. The number of benzene rings is 2. The van der Waals surface area contributed by atoms with E-state index in [2.05, 4.69) is 15.0 Å². The lowest BCUT2D eigenvalue weighted by Gasteiger charge is -2.17. The van der Waals surface area contributed by atoms with E-state index >= 15 is 0 Å². The van der Waals surface area contributed by atoms with E-state index in [0.29, 0.717) is 10.7 Å². The number of fused-ring (bicyclic) bond motifs is 1. The lowest BCUT2D eigenvalue weighted by atomic mass is 10.1. The van der Waals surface area contributed by atoms with Crippen molar-refractivity contribution in [2.45, 2.75) is 52.7 Å². The molecule has 0 spiro atoms. The third kappa shape index (κ3) is 4.82. The van der Waals surface area contributed by atoms with Crippen LogP contribution in [0.25, 0.3) is 10.9 Å². The lowest BCUT2D eigenvalue weighted by molar-refractivity contribution is -0.139. The molecular formula is C26H28ClN5O4. The van der Waals surface area contributed by atoms with E-state index in [0.717, 1.165) is 32.3 Å². The molecule has 36 heavy (non-hydrogen) atoms. The van der Waals surface area contributed by atoms with Gasteiger partial charge in [-0.3, -0.25) is 9.55 Å². The average molecular weight is 510 g/mol. The van der Waals surface area contributed by atoms with Gasteiger partial charge in [-0.1, -0.05) is 23.7 Å². The second-order valence-electron chi connectivity index (χ2n) is 9.53. The Hall–Kier alpha value is -3.40. The molecule has 1 aliphatic rings. The predicted molar refractivity (Wildman–Crippen MR) is 138 cm³/mol. The molecule has 2 aromatic heterocycles. The summed E-state index contributed by atoms with van der Waals surface area (Å²) in [6, 6.07) is 12.9. The second kappa shape index (κ2) is 9.24. The van der Waals surface area contributed by atoms with Crippen LogP contribution in [0.1, 0.15) is 30.7 Å². The van der Waals surface area contributed by atoms with Crippen molar-refractivity contribution < 1.29 is 9.47 Å². The summed E-state index contributed by atoms with van der Waals surface area (Å²) < 4.78 is 14.0. The summed E-state index contributed by atoms with van der Waals surface area (Å²) in [5.41, 5.74) is 3.78. The summed E-state index contributed by atoms with van der Waals surface area (Å²) in [6.07, 6.45) is -0.423. The second-order valence-corrected chi connectivity index (χ2v) is 9.96. The zero-order valence-electron chi connectivity index (χ0n) is 20.6. The minimum atomic E-state index is -0.761. The summed E-state index contributed by atoms with van der Waals surface area (Å²) in [5.74, 6) is -0.761. The molecule has 10 heteroatoms. The summed E-state index contributed by atoms with van der Waals surface area (Å²) in [6.45, 7) is 8.20. The van der Waals surface area contributed by atoms with E-state index in [4.69, 9.17) is 21.1 Å². The molecule has 2 aromatic carbocycles. The van der Waals surface area contributed by atoms with Crippen molar-refractivity contribution >= 4 is 28.2 Å². The van der Waals surface area contributed by atoms with Crippen molar-refractivity contribution in [3.8, 4) is 0 Å². The lowest BCUT2D eigenvalue weighted by Crippen LogP contribution is -2.51. The van der Waals surface area contributed by atoms with Gasteiger partial charge in [0, 0.05) is 21.6 Å². The van der Waals surface area contributed by atoms with Crippen LogP contribution in [0.3, 0.4) is 0 Å². The highest BCUT2D eigenvalue weighted by Crippen LogP contribution is 2.25. The molecule has 1 aliphatic heterocycles. The molecule has 188 valence electrons. The molecule has 0 saturated carbocycles. The molecule has 0 unspecified atom stereocenters. The number of ether oxygens (including phenoxy) is 2. The van der Waals surface area contributed by atoms with Gasteiger partial charge in [-0.2, -0.15) is 0 Å². The number of nitrogens with one attached hydrogen (secondary N) is 2. The van der Waals surface area contributed by atoms with Gasteiger partial charge in [0.1, 0.15) is 6.10 Å². The van der Waals surface area contributed by atoms with E-state index in [9.17, 15) is 9.59 Å². The third-order valence-corrected chi connectivity index (χ3v) is 6.67. The van der Waals surface area contributed by atoms with E-state index < -0.39 is 23.3 Å². The number of hydrogen-bond donors (Lipinski definition) is 2. The Morgan fingerprint density at radius 1 is 1.08 bits per heavy atom. The zero-order valence-corrected chi connectivity index (χ0v) is 21.3. The van der Waals surface area contributed by atoms with Crippen LogP contribution in [0, 0.1) is 13.8 Å². The average Bonchev–Trinajstić information content (AvgIpc) is 3.32. The molecule has 1 atom stereocenters. The molecule has 5 rings (SSSR count). The summed E-state index contributed by atoms with van der Waals surface area (Å²) in [7, 11) is 0. The SMILES string of the molecule is Cc1[nH]c2ccc(/N=c3\[nH]c(=O)n(C[C@H]4COC(C)(C)O4)c(=O)n3Cc3ccc(Cl)cc3)cc2c1C. The molecule has 0 radical (unpaired) electrons. The number of rotatable bonds is 5. The van der Waals surface area contributed by atoms with Gasteiger partial charge in [0.15, 0.2) is 5.79 Å². The molecular weight excluding hydrogens is 482 g/mol. The molecule has 4 aromatic rings. The fraction of sp³-hybridized carbons (Fsp3) is 0.346. The maximum absolute atomic E-state index is 13.6. The maximum atomic E-state index is 13.6. The van der Waals surface area contributed by atoms with Crippen LogP contribution in [0.5, 0.6) is 0 Å². The molecule has 3 heterocycles. The normalized spacial score (nSPS) is 17.8. The van der Waals surface area contributed by atoms with Crippen LogP contribution >= 0.6 is 11.6 Å². The molecule has 0 bridgehead atoms. The number of H-pyrrole nitrogens is 2. The van der Waals surface area contributed by atoms with Gasteiger partial charge >= 0.3 is 11.4 Å². The van der Waals surface area contributed by atoms with E-state index in [1.807, 2.05) is 44.2 Å². The minimum absolute atomic E-state index is 0.0618. The maximum Gasteiger partial charge on any atom is 0.335 e. The first kappa shape index (κ1) is 24.3. The Bertz CT molecular complexity index is 1630. The van der Waals surface area contributed by atoms with Crippen LogP contribution in [0.4, 0.5) is 5.69 Å². The zero-order chi connectivity index (χ0) is 25.6. The topological polar surface area (TPSA) is 106 Å². The van der Waals surface area contributed by atoms with Crippen molar-refractivity contribution in [2.75, 3.05) is 6.61 Å². The Morgan fingerprint density at radius 2 is 1.83 bits per heavy atom. The van der Waals surface area contributed by atoms with E-state index in [1.54, 1.807) is 26.0 Å². The number of aromatic nitrogens is 4. The Kier molecular flexibility index (Phi) is 6.23. The molecule has 1 fully saturated rings. The van der Waals surface area contributed by atoms with Crippen LogP contribution in [0.2, 0.25) is 5.02 Å². The summed E-state index contributed by atoms with van der Waals surface area (Å²) in [5, 5.41) is 1.63. The fourth-order valence-corrected chi connectivity index (χ4v) is 4.54. The first-order valence-corrected chi connectivity index (χ1v) is 12.1. The van der Waals surface area contributed by atoms with Gasteiger partial charge in [-0.25, -0.2) is 19.1 Å². The van der Waals surface area contributed by atoms with Gasteiger partial charge in [0.25, 0.3) is 0 Å². The molecule has 1 saturated heterocycles. The van der Waals surface area contributed by atoms with Gasteiger partial charge in [0.05, 0.1) is 25.4 Å². The minimum Gasteiger partial charge on any atom is -0.358 e. The van der Waals surface area contributed by atoms with E-state index in [-0.39, 0.29) is 25.3 Å².